The SMILES string of the molecule is C=C/C=C\C.CCCCCCNC(=O)C(=O)NCC(=O)O. The molecule has 0 fully saturated rings. The molecule has 6 heteroatoms. The zero-order valence-corrected chi connectivity index (χ0v) is 12.9. The van der Waals surface area contributed by atoms with Crippen LogP contribution in [0.15, 0.2) is 24.8 Å². The summed E-state index contributed by atoms with van der Waals surface area (Å²) in [7, 11) is 0. The van der Waals surface area contributed by atoms with Crippen LogP contribution in [0, 0.1) is 0 Å². The predicted molar refractivity (Wildman–Crippen MR) is 82.8 cm³/mol. The van der Waals surface area contributed by atoms with Gasteiger partial charge in [0.05, 0.1) is 0 Å². The lowest BCUT2D eigenvalue weighted by atomic mass is 10.2. The van der Waals surface area contributed by atoms with Crippen molar-refractivity contribution in [3.05, 3.63) is 24.8 Å². The van der Waals surface area contributed by atoms with Crippen LogP contribution in [0.3, 0.4) is 0 Å². The van der Waals surface area contributed by atoms with Crippen molar-refractivity contribution < 1.29 is 19.5 Å². The fourth-order valence-corrected chi connectivity index (χ4v) is 1.21. The number of nitrogens with one attached hydrogen (secondary N) is 2. The third-order valence-electron chi connectivity index (χ3n) is 2.25. The van der Waals surface area contributed by atoms with Gasteiger partial charge in [-0.05, 0) is 13.3 Å². The van der Waals surface area contributed by atoms with Gasteiger partial charge in [-0.15, -0.1) is 0 Å². The topological polar surface area (TPSA) is 95.5 Å². The Morgan fingerprint density at radius 2 is 1.71 bits per heavy atom. The van der Waals surface area contributed by atoms with Gasteiger partial charge in [0.1, 0.15) is 6.54 Å². The Kier molecular flexibility index (Phi) is 16.1. The highest BCUT2D eigenvalue weighted by molar-refractivity contribution is 6.35. The van der Waals surface area contributed by atoms with Crippen LogP contribution in [0.5, 0.6) is 0 Å². The standard InChI is InChI=1S/C10H18N2O4.C5H8/c1-2-3-4-5-6-11-9(15)10(16)12-7-8(13)14;1-3-5-4-2/h2-7H2,1H3,(H,11,15)(H,12,16)(H,13,14);3-5H,1H2,2H3/b;5-4-. The van der Waals surface area contributed by atoms with Crippen molar-refractivity contribution in [3.63, 3.8) is 0 Å². The molecule has 0 radical (unpaired) electrons. The molecular formula is C15H26N2O4. The highest BCUT2D eigenvalue weighted by Crippen LogP contribution is 1.96. The lowest BCUT2D eigenvalue weighted by Crippen LogP contribution is -2.42. The molecule has 0 aromatic heterocycles. The Hall–Kier alpha value is -2.11. The van der Waals surface area contributed by atoms with Gasteiger partial charge < -0.3 is 15.7 Å². The average Bonchev–Trinajstić information content (AvgIpc) is 2.45. The molecule has 2 amide bonds. The van der Waals surface area contributed by atoms with Crippen LogP contribution in [-0.4, -0.2) is 36.0 Å². The number of amides is 2. The summed E-state index contributed by atoms with van der Waals surface area (Å²) in [5, 5.41) is 12.7. The van der Waals surface area contributed by atoms with Gasteiger partial charge in [-0.1, -0.05) is 51.0 Å². The van der Waals surface area contributed by atoms with E-state index in [1.807, 2.05) is 24.4 Å². The van der Waals surface area contributed by atoms with Crippen molar-refractivity contribution in [2.24, 2.45) is 0 Å². The van der Waals surface area contributed by atoms with E-state index in [-0.39, 0.29) is 0 Å². The summed E-state index contributed by atoms with van der Waals surface area (Å²) in [4.78, 5) is 32.2. The van der Waals surface area contributed by atoms with E-state index in [2.05, 4.69) is 18.8 Å². The first-order chi connectivity index (χ1) is 9.99. The van der Waals surface area contributed by atoms with E-state index in [1.54, 1.807) is 6.08 Å². The van der Waals surface area contributed by atoms with E-state index < -0.39 is 24.3 Å². The molecule has 0 heterocycles. The van der Waals surface area contributed by atoms with E-state index >= 15 is 0 Å². The fourth-order valence-electron chi connectivity index (χ4n) is 1.21. The van der Waals surface area contributed by atoms with Gasteiger partial charge >= 0.3 is 17.8 Å². The van der Waals surface area contributed by atoms with Crippen molar-refractivity contribution in [3.8, 4) is 0 Å². The number of aliphatic carboxylic acids is 1. The molecule has 0 aliphatic rings. The third-order valence-corrected chi connectivity index (χ3v) is 2.25. The second kappa shape index (κ2) is 15.9. The molecule has 0 atom stereocenters. The Balaban J connectivity index is 0. The molecule has 0 aromatic rings. The van der Waals surface area contributed by atoms with Crippen LogP contribution in [0.2, 0.25) is 0 Å². The van der Waals surface area contributed by atoms with Crippen molar-refractivity contribution in [1.29, 1.82) is 0 Å². The van der Waals surface area contributed by atoms with E-state index in [0.29, 0.717) is 6.54 Å². The summed E-state index contributed by atoms with van der Waals surface area (Å²) < 4.78 is 0. The molecule has 0 spiro atoms. The number of carboxylic acid groups (broad SMARTS) is 1. The number of hydrogen-bond donors (Lipinski definition) is 3. The van der Waals surface area contributed by atoms with Crippen LogP contribution < -0.4 is 10.6 Å². The van der Waals surface area contributed by atoms with Gasteiger partial charge in [-0.3, -0.25) is 14.4 Å². The number of carboxylic acids is 1. The summed E-state index contributed by atoms with van der Waals surface area (Å²) in [6.07, 6.45) is 9.61. The lowest BCUT2D eigenvalue weighted by Gasteiger charge is -2.04. The molecule has 0 aliphatic heterocycles. The molecule has 0 saturated carbocycles. The van der Waals surface area contributed by atoms with Gasteiger partial charge in [-0.2, -0.15) is 0 Å². The third kappa shape index (κ3) is 17.9. The maximum atomic E-state index is 11.1. The van der Waals surface area contributed by atoms with Gasteiger partial charge in [-0.25, -0.2) is 0 Å². The molecule has 3 N–H and O–H groups in total. The van der Waals surface area contributed by atoms with E-state index in [1.165, 1.54) is 0 Å². The first-order valence-electron chi connectivity index (χ1n) is 7.01. The fraction of sp³-hybridized carbons (Fsp3) is 0.533. The highest BCUT2D eigenvalue weighted by Gasteiger charge is 2.12. The maximum absolute atomic E-state index is 11.1. The number of rotatable bonds is 8. The number of carbonyl (C=O) groups excluding carboxylic acids is 2. The van der Waals surface area contributed by atoms with E-state index in [4.69, 9.17) is 5.11 Å². The maximum Gasteiger partial charge on any atom is 0.322 e. The zero-order valence-electron chi connectivity index (χ0n) is 12.9. The number of allylic oxidation sites excluding steroid dienone is 3. The molecule has 0 unspecified atom stereocenters. The van der Waals surface area contributed by atoms with Crippen molar-refractivity contribution in [2.75, 3.05) is 13.1 Å². The molecule has 0 bridgehead atoms. The normalized spacial score (nSPS) is 9.43. The van der Waals surface area contributed by atoms with Crippen LogP contribution in [0.4, 0.5) is 0 Å². The van der Waals surface area contributed by atoms with E-state index in [0.717, 1.165) is 25.7 Å². The second-order valence-corrected chi connectivity index (χ2v) is 4.15. The summed E-state index contributed by atoms with van der Waals surface area (Å²) in [6, 6.07) is 0. The number of carbonyl (C=O) groups is 3. The monoisotopic (exact) mass is 298 g/mol. The summed E-state index contributed by atoms with van der Waals surface area (Å²) >= 11 is 0. The van der Waals surface area contributed by atoms with Crippen molar-refractivity contribution in [1.82, 2.24) is 10.6 Å². The molecule has 21 heavy (non-hydrogen) atoms. The molecule has 0 aromatic carbocycles. The Bertz CT molecular complexity index is 352. The summed E-state index contributed by atoms with van der Waals surface area (Å²) in [5.74, 6) is -2.86. The highest BCUT2D eigenvalue weighted by atomic mass is 16.4. The lowest BCUT2D eigenvalue weighted by molar-refractivity contribution is -0.142. The molecule has 0 rings (SSSR count). The quantitative estimate of drug-likeness (QED) is 0.360. The van der Waals surface area contributed by atoms with E-state index in [9.17, 15) is 14.4 Å². The Labute approximate surface area is 126 Å². The minimum atomic E-state index is -1.18. The van der Waals surface area contributed by atoms with Gasteiger partial charge in [0.2, 0.25) is 0 Å². The van der Waals surface area contributed by atoms with Crippen molar-refractivity contribution in [2.45, 2.75) is 39.5 Å². The summed E-state index contributed by atoms with van der Waals surface area (Å²) in [6.45, 7) is 7.41. The molecule has 0 aliphatic carbocycles. The average molecular weight is 298 g/mol. The molecule has 0 saturated heterocycles. The molecule has 6 nitrogen and oxygen atoms in total. The predicted octanol–water partition coefficient (Wildman–Crippen LogP) is 1.63. The van der Waals surface area contributed by atoms with Gasteiger partial charge in [0.15, 0.2) is 0 Å². The van der Waals surface area contributed by atoms with Crippen molar-refractivity contribution >= 4 is 17.8 Å². The first-order valence-corrected chi connectivity index (χ1v) is 7.01. The minimum absolute atomic E-state index is 0.444. The van der Waals surface area contributed by atoms with Crippen LogP contribution in [0.1, 0.15) is 39.5 Å². The van der Waals surface area contributed by atoms with Crippen LogP contribution in [-0.2, 0) is 14.4 Å². The second-order valence-electron chi connectivity index (χ2n) is 4.15. The van der Waals surface area contributed by atoms with Gasteiger partial charge in [0, 0.05) is 6.54 Å². The molecular weight excluding hydrogens is 272 g/mol. The zero-order chi connectivity index (χ0) is 16.5. The minimum Gasteiger partial charge on any atom is -0.480 e. The Morgan fingerprint density at radius 1 is 1.10 bits per heavy atom. The van der Waals surface area contributed by atoms with Crippen LogP contribution >= 0.6 is 0 Å². The van der Waals surface area contributed by atoms with Crippen LogP contribution in [0.25, 0.3) is 0 Å². The van der Waals surface area contributed by atoms with Gasteiger partial charge in [0.25, 0.3) is 0 Å². The number of unbranched alkanes of at least 4 members (excludes halogenated alkanes) is 3. The first kappa shape index (κ1) is 21.2. The Morgan fingerprint density at radius 3 is 2.14 bits per heavy atom. The number of hydrogen-bond acceptors (Lipinski definition) is 3. The largest absolute Gasteiger partial charge is 0.480 e. The smallest absolute Gasteiger partial charge is 0.322 e. The summed E-state index contributed by atoms with van der Waals surface area (Å²) in [5.41, 5.74) is 0. The molecule has 120 valence electrons.